The molecule has 108 valence electrons. The van der Waals surface area contributed by atoms with Crippen molar-refractivity contribution in [2.45, 2.75) is 5.37 Å². The van der Waals surface area contributed by atoms with Crippen molar-refractivity contribution in [1.29, 1.82) is 0 Å². The summed E-state index contributed by atoms with van der Waals surface area (Å²) in [5.41, 5.74) is 1.83. The standard InChI is InChI=1S/C16H13ClINOS/c17-13-5-1-4-12(9-13)16-19(7-8-21-16)15(20)11-3-2-6-14(18)10-11/h1-6,9-10,16H,7-8H2. The topological polar surface area (TPSA) is 20.3 Å². The number of carbonyl (C=O) groups is 1. The summed E-state index contributed by atoms with van der Waals surface area (Å²) in [6, 6.07) is 15.5. The van der Waals surface area contributed by atoms with Crippen molar-refractivity contribution in [2.75, 3.05) is 12.3 Å². The van der Waals surface area contributed by atoms with Gasteiger partial charge >= 0.3 is 0 Å². The van der Waals surface area contributed by atoms with Crippen molar-refractivity contribution < 1.29 is 4.79 Å². The molecule has 0 aromatic heterocycles. The minimum atomic E-state index is 0.0501. The first kappa shape index (κ1) is 15.2. The highest BCUT2D eigenvalue weighted by Crippen LogP contribution is 2.39. The Hall–Kier alpha value is -0.720. The van der Waals surface area contributed by atoms with E-state index in [-0.39, 0.29) is 11.3 Å². The number of nitrogens with zero attached hydrogens (tertiary/aromatic N) is 1. The molecule has 1 atom stereocenters. The van der Waals surface area contributed by atoms with E-state index in [9.17, 15) is 4.79 Å². The first-order valence-corrected chi connectivity index (χ1v) is 9.09. The summed E-state index contributed by atoms with van der Waals surface area (Å²) in [5.74, 6) is 1.04. The summed E-state index contributed by atoms with van der Waals surface area (Å²) >= 11 is 10.1. The normalized spacial score (nSPS) is 18.0. The minimum absolute atomic E-state index is 0.0501. The van der Waals surface area contributed by atoms with Gasteiger partial charge in [0, 0.05) is 26.5 Å². The molecule has 0 spiro atoms. The Labute approximate surface area is 147 Å². The van der Waals surface area contributed by atoms with Crippen LogP contribution in [0.4, 0.5) is 0 Å². The van der Waals surface area contributed by atoms with Crippen molar-refractivity contribution in [2.24, 2.45) is 0 Å². The fraction of sp³-hybridized carbons (Fsp3) is 0.188. The molecule has 0 bridgehead atoms. The largest absolute Gasteiger partial charge is 0.322 e. The molecule has 2 aromatic carbocycles. The summed E-state index contributed by atoms with van der Waals surface area (Å²) in [7, 11) is 0. The molecule has 21 heavy (non-hydrogen) atoms. The molecule has 1 saturated heterocycles. The molecule has 0 radical (unpaired) electrons. The van der Waals surface area contributed by atoms with Crippen LogP contribution in [0.2, 0.25) is 5.02 Å². The second kappa shape index (κ2) is 6.58. The van der Waals surface area contributed by atoms with E-state index in [4.69, 9.17) is 11.6 Å². The number of amides is 1. The maximum Gasteiger partial charge on any atom is 0.255 e. The van der Waals surface area contributed by atoms with E-state index < -0.39 is 0 Å². The van der Waals surface area contributed by atoms with Gasteiger partial charge in [-0.25, -0.2) is 0 Å². The highest BCUT2D eigenvalue weighted by Gasteiger charge is 2.31. The van der Waals surface area contributed by atoms with Gasteiger partial charge in [-0.05, 0) is 58.5 Å². The van der Waals surface area contributed by atoms with Crippen molar-refractivity contribution in [3.05, 3.63) is 68.3 Å². The predicted molar refractivity (Wildman–Crippen MR) is 96.8 cm³/mol. The molecule has 3 rings (SSSR count). The van der Waals surface area contributed by atoms with Crippen LogP contribution >= 0.6 is 46.0 Å². The maximum atomic E-state index is 12.7. The van der Waals surface area contributed by atoms with Crippen LogP contribution in [0.3, 0.4) is 0 Å². The second-order valence-corrected chi connectivity index (χ2v) is 7.66. The van der Waals surface area contributed by atoms with Gasteiger partial charge in [-0.2, -0.15) is 0 Å². The number of hydrogen-bond acceptors (Lipinski definition) is 2. The zero-order chi connectivity index (χ0) is 14.8. The van der Waals surface area contributed by atoms with Crippen molar-refractivity contribution in [3.8, 4) is 0 Å². The van der Waals surface area contributed by atoms with Gasteiger partial charge in [0.2, 0.25) is 0 Å². The van der Waals surface area contributed by atoms with Gasteiger partial charge in [-0.1, -0.05) is 29.8 Å². The van der Waals surface area contributed by atoms with E-state index >= 15 is 0 Å². The number of hydrogen-bond donors (Lipinski definition) is 0. The van der Waals surface area contributed by atoms with Crippen molar-refractivity contribution in [3.63, 3.8) is 0 Å². The lowest BCUT2D eigenvalue weighted by molar-refractivity contribution is 0.0760. The Bertz CT molecular complexity index is 679. The highest BCUT2D eigenvalue weighted by molar-refractivity contribution is 14.1. The number of thioether (sulfide) groups is 1. The van der Waals surface area contributed by atoms with E-state index in [0.29, 0.717) is 5.02 Å². The highest BCUT2D eigenvalue weighted by atomic mass is 127. The molecule has 1 amide bonds. The van der Waals surface area contributed by atoms with Gasteiger partial charge in [0.15, 0.2) is 0 Å². The molecule has 5 heteroatoms. The number of rotatable bonds is 2. The lowest BCUT2D eigenvalue weighted by atomic mass is 10.1. The van der Waals surface area contributed by atoms with E-state index in [1.165, 1.54) is 0 Å². The molecule has 1 aliphatic heterocycles. The fourth-order valence-electron chi connectivity index (χ4n) is 2.40. The van der Waals surface area contributed by atoms with E-state index in [1.807, 2.05) is 53.4 Å². The first-order chi connectivity index (χ1) is 10.1. The summed E-state index contributed by atoms with van der Waals surface area (Å²) in [4.78, 5) is 14.7. The van der Waals surface area contributed by atoms with Gasteiger partial charge in [-0.15, -0.1) is 11.8 Å². The Balaban J connectivity index is 1.89. The van der Waals surface area contributed by atoms with E-state index in [2.05, 4.69) is 22.6 Å². The third kappa shape index (κ3) is 3.38. The summed E-state index contributed by atoms with van der Waals surface area (Å²) in [6.45, 7) is 0.770. The lowest BCUT2D eigenvalue weighted by Gasteiger charge is -2.24. The lowest BCUT2D eigenvalue weighted by Crippen LogP contribution is -2.30. The van der Waals surface area contributed by atoms with Crippen LogP contribution in [0.15, 0.2) is 48.5 Å². The van der Waals surface area contributed by atoms with Gasteiger partial charge in [0.25, 0.3) is 5.91 Å². The Morgan fingerprint density at radius 3 is 2.81 bits per heavy atom. The minimum Gasteiger partial charge on any atom is -0.322 e. The molecule has 2 aromatic rings. The zero-order valence-corrected chi connectivity index (χ0v) is 14.9. The summed E-state index contributed by atoms with van der Waals surface area (Å²) in [5, 5.41) is 0.760. The van der Waals surface area contributed by atoms with E-state index in [0.717, 1.165) is 27.0 Å². The Kier molecular flexibility index (Phi) is 4.76. The Morgan fingerprint density at radius 2 is 2.05 bits per heavy atom. The molecule has 0 N–H and O–H groups in total. The third-order valence-electron chi connectivity index (χ3n) is 3.36. The average molecular weight is 430 g/mol. The molecule has 0 saturated carbocycles. The van der Waals surface area contributed by atoms with Crippen LogP contribution in [0.1, 0.15) is 21.3 Å². The van der Waals surface area contributed by atoms with Crippen LogP contribution in [-0.2, 0) is 0 Å². The second-order valence-electron chi connectivity index (χ2n) is 4.79. The van der Waals surface area contributed by atoms with Crippen LogP contribution in [0.5, 0.6) is 0 Å². The molecule has 2 nitrogen and oxygen atoms in total. The number of halogens is 2. The van der Waals surface area contributed by atoms with Gasteiger partial charge in [-0.3, -0.25) is 4.79 Å². The molecule has 1 heterocycles. The molecular formula is C16H13ClINOS. The van der Waals surface area contributed by atoms with E-state index in [1.54, 1.807) is 11.8 Å². The van der Waals surface area contributed by atoms with Crippen molar-refractivity contribution in [1.82, 2.24) is 4.90 Å². The first-order valence-electron chi connectivity index (χ1n) is 6.59. The van der Waals surface area contributed by atoms with Gasteiger partial charge in [0.1, 0.15) is 5.37 Å². The van der Waals surface area contributed by atoms with Crippen LogP contribution < -0.4 is 0 Å². The monoisotopic (exact) mass is 429 g/mol. The van der Waals surface area contributed by atoms with Crippen LogP contribution in [-0.4, -0.2) is 23.1 Å². The van der Waals surface area contributed by atoms with Gasteiger partial charge < -0.3 is 4.90 Å². The molecular weight excluding hydrogens is 417 g/mol. The smallest absolute Gasteiger partial charge is 0.255 e. The maximum absolute atomic E-state index is 12.7. The fourth-order valence-corrected chi connectivity index (χ4v) is 4.39. The third-order valence-corrected chi connectivity index (χ3v) is 5.52. The van der Waals surface area contributed by atoms with Crippen LogP contribution in [0, 0.1) is 3.57 Å². The zero-order valence-electron chi connectivity index (χ0n) is 11.1. The SMILES string of the molecule is O=C(c1cccc(I)c1)N1CCSC1c1cccc(Cl)c1. The number of carbonyl (C=O) groups excluding carboxylic acids is 1. The van der Waals surface area contributed by atoms with Crippen LogP contribution in [0.25, 0.3) is 0 Å². The average Bonchev–Trinajstić information content (AvgIpc) is 2.96. The number of benzene rings is 2. The summed E-state index contributed by atoms with van der Waals surface area (Å²) < 4.78 is 1.07. The molecule has 0 aliphatic carbocycles. The van der Waals surface area contributed by atoms with Crippen molar-refractivity contribution >= 4 is 51.9 Å². The van der Waals surface area contributed by atoms with Gasteiger partial charge in [0.05, 0.1) is 0 Å². The molecule has 1 aliphatic rings. The predicted octanol–water partition coefficient (Wildman–Crippen LogP) is 4.83. The molecule has 1 unspecified atom stereocenters. The summed E-state index contributed by atoms with van der Waals surface area (Å²) in [6.07, 6.45) is 0. The Morgan fingerprint density at radius 1 is 1.24 bits per heavy atom. The molecule has 1 fully saturated rings. The quantitative estimate of drug-likeness (QED) is 0.637.